The van der Waals surface area contributed by atoms with Gasteiger partial charge < -0.3 is 4.42 Å². The summed E-state index contributed by atoms with van der Waals surface area (Å²) in [6.45, 7) is 0. The lowest BCUT2D eigenvalue weighted by Gasteiger charge is -2.10. The molecular formula is C39H23N3O. The van der Waals surface area contributed by atoms with Crippen molar-refractivity contribution in [2.24, 2.45) is 0 Å². The smallest absolute Gasteiger partial charge is 0.160 e. The molecule has 0 radical (unpaired) electrons. The highest BCUT2D eigenvalue weighted by atomic mass is 16.3. The maximum atomic E-state index is 6.96. The van der Waals surface area contributed by atoms with E-state index in [1.807, 2.05) is 60.7 Å². The van der Waals surface area contributed by atoms with E-state index in [2.05, 4.69) is 78.9 Å². The maximum Gasteiger partial charge on any atom is 0.160 e. The zero-order valence-electron chi connectivity index (χ0n) is 23.0. The predicted octanol–water partition coefficient (Wildman–Crippen LogP) is 10.2. The molecule has 0 saturated carbocycles. The summed E-state index contributed by atoms with van der Waals surface area (Å²) in [6, 6.07) is 47.7. The molecule has 0 fully saturated rings. The number of nitrogens with zero attached hydrogens (tertiary/aromatic N) is 3. The van der Waals surface area contributed by atoms with Crippen LogP contribution in [0.4, 0.5) is 0 Å². The predicted molar refractivity (Wildman–Crippen MR) is 176 cm³/mol. The standard InChI is InChI=1S/C39H23N3O/c1-3-12-24(13-4-1)35-30-23-22-27-26-18-11-19-31(37(26)43-38(27)34(30)28-16-7-9-20-32(28)40-35)36-29-17-8-10-21-33(29)41-39(42-36)25-14-5-2-6-15-25/h1-23H. The Balaban J connectivity index is 1.39. The molecule has 0 N–H and O–H groups in total. The molecule has 4 nitrogen and oxygen atoms in total. The summed E-state index contributed by atoms with van der Waals surface area (Å²) < 4.78 is 6.96. The van der Waals surface area contributed by atoms with Crippen LogP contribution in [0.2, 0.25) is 0 Å². The molecule has 0 aliphatic rings. The summed E-state index contributed by atoms with van der Waals surface area (Å²) >= 11 is 0. The summed E-state index contributed by atoms with van der Waals surface area (Å²) in [5.74, 6) is 0.692. The Kier molecular flexibility index (Phi) is 5.16. The highest BCUT2D eigenvalue weighted by molar-refractivity contribution is 6.25. The average Bonchev–Trinajstić information content (AvgIpc) is 3.47. The Bertz CT molecular complexity index is 2500. The number of aromatic nitrogens is 3. The lowest BCUT2D eigenvalue weighted by atomic mass is 9.97. The Hall–Kier alpha value is -5.87. The lowest BCUT2D eigenvalue weighted by Crippen LogP contribution is -1.95. The third kappa shape index (κ3) is 3.67. The minimum absolute atomic E-state index is 0.692. The molecule has 200 valence electrons. The van der Waals surface area contributed by atoms with E-state index in [0.29, 0.717) is 5.82 Å². The first kappa shape index (κ1) is 23.8. The first-order chi connectivity index (χ1) is 21.3. The molecule has 0 unspecified atom stereocenters. The van der Waals surface area contributed by atoms with Crippen molar-refractivity contribution < 1.29 is 4.42 Å². The Morgan fingerprint density at radius 1 is 0.372 bits per heavy atom. The van der Waals surface area contributed by atoms with E-state index in [1.54, 1.807) is 0 Å². The van der Waals surface area contributed by atoms with Crippen molar-refractivity contribution in [3.05, 3.63) is 140 Å². The highest BCUT2D eigenvalue weighted by Gasteiger charge is 2.20. The van der Waals surface area contributed by atoms with Crippen molar-refractivity contribution in [2.75, 3.05) is 0 Å². The number of pyridine rings is 1. The number of fused-ring (bicyclic) bond motifs is 8. The minimum Gasteiger partial charge on any atom is -0.455 e. The molecule has 0 amide bonds. The van der Waals surface area contributed by atoms with E-state index in [-0.39, 0.29) is 0 Å². The molecule has 0 spiro atoms. The third-order valence-electron chi connectivity index (χ3n) is 8.27. The molecule has 0 aliphatic heterocycles. The first-order valence-corrected chi connectivity index (χ1v) is 14.4. The Morgan fingerprint density at radius 2 is 0.977 bits per heavy atom. The number of benzene rings is 6. The van der Waals surface area contributed by atoms with Crippen molar-refractivity contribution in [3.8, 4) is 33.9 Å². The monoisotopic (exact) mass is 549 g/mol. The van der Waals surface area contributed by atoms with E-state index in [0.717, 1.165) is 82.6 Å². The van der Waals surface area contributed by atoms with Gasteiger partial charge in [-0.15, -0.1) is 0 Å². The molecular weight excluding hydrogens is 526 g/mol. The van der Waals surface area contributed by atoms with Gasteiger partial charge in [-0.25, -0.2) is 15.0 Å². The van der Waals surface area contributed by atoms with Gasteiger partial charge in [0.05, 0.1) is 22.4 Å². The van der Waals surface area contributed by atoms with Crippen molar-refractivity contribution in [1.82, 2.24) is 15.0 Å². The molecule has 6 aromatic carbocycles. The van der Waals surface area contributed by atoms with Crippen molar-refractivity contribution in [3.63, 3.8) is 0 Å². The van der Waals surface area contributed by atoms with Crippen LogP contribution >= 0.6 is 0 Å². The fourth-order valence-corrected chi connectivity index (χ4v) is 6.29. The number of furan rings is 1. The van der Waals surface area contributed by atoms with Crippen LogP contribution in [-0.4, -0.2) is 15.0 Å². The molecule has 0 aliphatic carbocycles. The molecule has 4 heteroatoms. The summed E-state index contributed by atoms with van der Waals surface area (Å²) in [6.07, 6.45) is 0. The zero-order valence-corrected chi connectivity index (χ0v) is 23.0. The van der Waals surface area contributed by atoms with Gasteiger partial charge in [-0.05, 0) is 24.3 Å². The Labute approximate surface area is 246 Å². The van der Waals surface area contributed by atoms with Crippen LogP contribution in [0.3, 0.4) is 0 Å². The van der Waals surface area contributed by atoms with E-state index in [1.165, 1.54) is 0 Å². The molecule has 0 atom stereocenters. The maximum absolute atomic E-state index is 6.96. The molecule has 3 aromatic heterocycles. The van der Waals surface area contributed by atoms with Crippen LogP contribution in [0.1, 0.15) is 0 Å². The summed E-state index contributed by atoms with van der Waals surface area (Å²) in [5, 5.41) is 6.32. The first-order valence-electron chi connectivity index (χ1n) is 14.4. The molecule has 3 heterocycles. The second-order valence-electron chi connectivity index (χ2n) is 10.8. The van der Waals surface area contributed by atoms with Gasteiger partial charge >= 0.3 is 0 Å². The number of para-hydroxylation sites is 3. The summed E-state index contributed by atoms with van der Waals surface area (Å²) in [7, 11) is 0. The average molecular weight is 550 g/mol. The van der Waals surface area contributed by atoms with Gasteiger partial charge in [-0.1, -0.05) is 115 Å². The highest BCUT2D eigenvalue weighted by Crippen LogP contribution is 2.43. The second kappa shape index (κ2) is 9.33. The second-order valence-corrected chi connectivity index (χ2v) is 10.8. The van der Waals surface area contributed by atoms with Crippen LogP contribution in [0.15, 0.2) is 144 Å². The van der Waals surface area contributed by atoms with Gasteiger partial charge in [0, 0.05) is 49.0 Å². The van der Waals surface area contributed by atoms with Gasteiger partial charge in [0.1, 0.15) is 11.2 Å². The summed E-state index contributed by atoms with van der Waals surface area (Å²) in [5.41, 5.74) is 8.32. The fourth-order valence-electron chi connectivity index (χ4n) is 6.29. The Morgan fingerprint density at radius 3 is 1.77 bits per heavy atom. The topological polar surface area (TPSA) is 51.8 Å². The molecule has 9 aromatic rings. The number of rotatable bonds is 3. The van der Waals surface area contributed by atoms with Crippen molar-refractivity contribution in [2.45, 2.75) is 0 Å². The van der Waals surface area contributed by atoms with Gasteiger partial charge in [-0.2, -0.15) is 0 Å². The van der Waals surface area contributed by atoms with Gasteiger partial charge in [0.25, 0.3) is 0 Å². The molecule has 43 heavy (non-hydrogen) atoms. The molecule has 9 rings (SSSR count). The minimum atomic E-state index is 0.692. The largest absolute Gasteiger partial charge is 0.455 e. The third-order valence-corrected chi connectivity index (χ3v) is 8.27. The van der Waals surface area contributed by atoms with Crippen LogP contribution in [-0.2, 0) is 0 Å². The number of hydrogen-bond acceptors (Lipinski definition) is 4. The van der Waals surface area contributed by atoms with Crippen LogP contribution < -0.4 is 0 Å². The number of hydrogen-bond donors (Lipinski definition) is 0. The fraction of sp³-hybridized carbons (Fsp3) is 0. The van der Waals surface area contributed by atoms with E-state index < -0.39 is 0 Å². The summed E-state index contributed by atoms with van der Waals surface area (Å²) in [4.78, 5) is 15.2. The van der Waals surface area contributed by atoms with Crippen molar-refractivity contribution in [1.29, 1.82) is 0 Å². The van der Waals surface area contributed by atoms with E-state index in [9.17, 15) is 0 Å². The van der Waals surface area contributed by atoms with Gasteiger partial charge in [-0.3, -0.25) is 0 Å². The molecule has 0 saturated heterocycles. The quantitative estimate of drug-likeness (QED) is 0.206. The van der Waals surface area contributed by atoms with E-state index >= 15 is 0 Å². The zero-order chi connectivity index (χ0) is 28.3. The van der Waals surface area contributed by atoms with Crippen LogP contribution in [0.5, 0.6) is 0 Å². The SMILES string of the molecule is c1ccc(-c2nc(-c3cccc4c3oc3c4ccc4c(-c5ccccc5)nc5ccccc5c43)c3ccccc3n2)cc1. The van der Waals surface area contributed by atoms with Crippen LogP contribution in [0, 0.1) is 0 Å². The molecule has 0 bridgehead atoms. The van der Waals surface area contributed by atoms with Gasteiger partial charge in [0.15, 0.2) is 5.82 Å². The van der Waals surface area contributed by atoms with Crippen molar-refractivity contribution >= 4 is 54.5 Å². The lowest BCUT2D eigenvalue weighted by molar-refractivity contribution is 0.674. The van der Waals surface area contributed by atoms with Crippen LogP contribution in [0.25, 0.3) is 88.4 Å². The normalized spacial score (nSPS) is 11.7. The van der Waals surface area contributed by atoms with Gasteiger partial charge in [0.2, 0.25) is 0 Å². The van der Waals surface area contributed by atoms with E-state index in [4.69, 9.17) is 19.4 Å².